The van der Waals surface area contributed by atoms with Crippen molar-refractivity contribution in [1.82, 2.24) is 4.90 Å². The smallest absolute Gasteiger partial charge is 0.267 e. The molecule has 0 fully saturated rings. The third kappa shape index (κ3) is 3.11. The molecule has 0 atom stereocenters. The van der Waals surface area contributed by atoms with Gasteiger partial charge in [0.1, 0.15) is 11.8 Å². The maximum Gasteiger partial charge on any atom is 0.267 e. The molecular weight excluding hydrogens is 291 g/mol. The normalized spacial score (nSPS) is 11.5. The van der Waals surface area contributed by atoms with E-state index < -0.39 is 17.2 Å². The van der Waals surface area contributed by atoms with Gasteiger partial charge < -0.3 is 15.1 Å². The van der Waals surface area contributed by atoms with Crippen LogP contribution in [0.25, 0.3) is 5.76 Å². The average Bonchev–Trinajstić information content (AvgIpc) is 2.35. The van der Waals surface area contributed by atoms with E-state index in [4.69, 9.17) is 28.5 Å². The van der Waals surface area contributed by atoms with Crippen molar-refractivity contribution in [1.29, 1.82) is 5.26 Å². The zero-order valence-corrected chi connectivity index (χ0v) is 11.6. The van der Waals surface area contributed by atoms with E-state index in [0.717, 1.165) is 4.90 Å². The fourth-order valence-electron chi connectivity index (χ4n) is 1.27. The van der Waals surface area contributed by atoms with Crippen molar-refractivity contribution < 1.29 is 15.0 Å². The maximum atomic E-state index is 11.7. The molecule has 0 unspecified atom stereocenters. The predicted octanol–water partition coefficient (Wildman–Crippen LogP) is 2.58. The van der Waals surface area contributed by atoms with Crippen LogP contribution in [0.2, 0.25) is 10.0 Å². The molecule has 0 aliphatic rings. The summed E-state index contributed by atoms with van der Waals surface area (Å²) in [6.07, 6.45) is 0. The van der Waals surface area contributed by atoms with Gasteiger partial charge in [-0.25, -0.2) is 0 Å². The van der Waals surface area contributed by atoms with Crippen LogP contribution in [0.3, 0.4) is 0 Å². The number of benzene rings is 1. The number of hydrogen-bond donors (Lipinski definition) is 2. The Bertz CT molecular complexity index is 580. The quantitative estimate of drug-likeness (QED) is 0.499. The number of amides is 1. The number of phenolic OH excluding ortho intramolecular Hbond substituents is 1. The molecule has 1 amide bonds. The standard InChI is InChI=1S/C12H10Cl2N2O3/c1-16(2)12(19)7(5-15)10(17)6-3-8(13)11(18)9(14)4-6/h3-4,17-18H,1-2H3/b10-7-. The number of aromatic hydroxyl groups is 1. The summed E-state index contributed by atoms with van der Waals surface area (Å²) in [7, 11) is 2.90. The van der Waals surface area contributed by atoms with E-state index in [-0.39, 0.29) is 21.4 Å². The Morgan fingerprint density at radius 3 is 2.16 bits per heavy atom. The number of rotatable bonds is 2. The molecule has 0 radical (unpaired) electrons. The minimum Gasteiger partial charge on any atom is -0.506 e. The molecule has 19 heavy (non-hydrogen) atoms. The van der Waals surface area contributed by atoms with Gasteiger partial charge in [0.2, 0.25) is 0 Å². The van der Waals surface area contributed by atoms with Crippen LogP contribution in [-0.2, 0) is 4.79 Å². The number of carbonyl (C=O) groups excluding carboxylic acids is 1. The van der Waals surface area contributed by atoms with Crippen LogP contribution in [0.4, 0.5) is 0 Å². The first-order valence-corrected chi connectivity index (χ1v) is 5.78. The number of aliphatic hydroxyl groups is 1. The van der Waals surface area contributed by atoms with Crippen molar-refractivity contribution in [3.63, 3.8) is 0 Å². The predicted molar refractivity (Wildman–Crippen MR) is 72.0 cm³/mol. The van der Waals surface area contributed by atoms with Gasteiger partial charge in [-0.15, -0.1) is 0 Å². The van der Waals surface area contributed by atoms with Gasteiger partial charge in [-0.1, -0.05) is 23.2 Å². The third-order valence-electron chi connectivity index (χ3n) is 2.26. The van der Waals surface area contributed by atoms with Gasteiger partial charge in [0.15, 0.2) is 11.3 Å². The highest BCUT2D eigenvalue weighted by Crippen LogP contribution is 2.35. The molecule has 0 aliphatic heterocycles. The highest BCUT2D eigenvalue weighted by molar-refractivity contribution is 6.37. The molecule has 0 bridgehead atoms. The molecule has 0 saturated carbocycles. The van der Waals surface area contributed by atoms with E-state index in [1.54, 1.807) is 6.07 Å². The highest BCUT2D eigenvalue weighted by Gasteiger charge is 2.19. The summed E-state index contributed by atoms with van der Waals surface area (Å²) in [5.74, 6) is -1.54. The minimum absolute atomic E-state index is 0.0690. The Balaban J connectivity index is 3.43. The van der Waals surface area contributed by atoms with E-state index in [2.05, 4.69) is 0 Å². The lowest BCUT2D eigenvalue weighted by Gasteiger charge is -2.11. The summed E-state index contributed by atoms with van der Waals surface area (Å²) in [6, 6.07) is 4.04. The monoisotopic (exact) mass is 300 g/mol. The molecule has 7 heteroatoms. The summed E-state index contributed by atoms with van der Waals surface area (Å²) in [6.45, 7) is 0. The lowest BCUT2D eigenvalue weighted by molar-refractivity contribution is -0.124. The Labute approximate surface area is 119 Å². The van der Waals surface area contributed by atoms with Crippen LogP contribution < -0.4 is 0 Å². The van der Waals surface area contributed by atoms with Crippen LogP contribution in [0.1, 0.15) is 5.56 Å². The van der Waals surface area contributed by atoms with Gasteiger partial charge in [0, 0.05) is 19.7 Å². The number of nitriles is 1. The van der Waals surface area contributed by atoms with Crippen molar-refractivity contribution in [3.8, 4) is 11.8 Å². The molecule has 0 heterocycles. The van der Waals surface area contributed by atoms with Gasteiger partial charge in [-0.05, 0) is 12.1 Å². The topological polar surface area (TPSA) is 84.6 Å². The van der Waals surface area contributed by atoms with E-state index in [1.807, 2.05) is 0 Å². The molecule has 0 spiro atoms. The first kappa shape index (κ1) is 15.2. The summed E-state index contributed by atoms with van der Waals surface area (Å²) >= 11 is 11.4. The maximum absolute atomic E-state index is 11.7. The van der Waals surface area contributed by atoms with Gasteiger partial charge in [-0.3, -0.25) is 4.79 Å². The molecule has 2 N–H and O–H groups in total. The summed E-state index contributed by atoms with van der Waals surface area (Å²) in [5, 5.41) is 28.1. The van der Waals surface area contributed by atoms with Gasteiger partial charge in [0.25, 0.3) is 5.91 Å². The zero-order chi connectivity index (χ0) is 14.7. The van der Waals surface area contributed by atoms with E-state index >= 15 is 0 Å². The van der Waals surface area contributed by atoms with Gasteiger partial charge in [-0.2, -0.15) is 5.26 Å². The number of aliphatic hydroxyl groups excluding tert-OH is 1. The van der Waals surface area contributed by atoms with Crippen molar-refractivity contribution in [2.45, 2.75) is 0 Å². The lowest BCUT2D eigenvalue weighted by atomic mass is 10.1. The fourth-order valence-corrected chi connectivity index (χ4v) is 1.76. The first-order chi connectivity index (χ1) is 8.79. The first-order valence-electron chi connectivity index (χ1n) is 5.03. The molecule has 1 aromatic rings. The molecule has 1 rings (SSSR count). The lowest BCUT2D eigenvalue weighted by Crippen LogP contribution is -2.23. The highest BCUT2D eigenvalue weighted by atomic mass is 35.5. The second-order valence-electron chi connectivity index (χ2n) is 3.82. The van der Waals surface area contributed by atoms with Crippen molar-refractivity contribution >= 4 is 34.9 Å². The van der Waals surface area contributed by atoms with Crippen LogP contribution in [0.5, 0.6) is 5.75 Å². The van der Waals surface area contributed by atoms with Crippen molar-refractivity contribution in [2.24, 2.45) is 0 Å². The van der Waals surface area contributed by atoms with Crippen LogP contribution in [0, 0.1) is 11.3 Å². The molecule has 0 aromatic heterocycles. The largest absolute Gasteiger partial charge is 0.506 e. The molecule has 1 aromatic carbocycles. The summed E-state index contributed by atoms with van der Waals surface area (Å²) < 4.78 is 0. The van der Waals surface area contributed by atoms with E-state index in [0.29, 0.717) is 0 Å². The van der Waals surface area contributed by atoms with E-state index in [9.17, 15) is 15.0 Å². The molecule has 5 nitrogen and oxygen atoms in total. The Hall–Kier alpha value is -1.90. The van der Waals surface area contributed by atoms with Crippen LogP contribution in [0.15, 0.2) is 17.7 Å². The number of nitrogens with zero attached hydrogens (tertiary/aromatic N) is 2. The second kappa shape index (κ2) is 5.83. The van der Waals surface area contributed by atoms with Gasteiger partial charge >= 0.3 is 0 Å². The number of likely N-dealkylation sites (N-methyl/N-ethyl adjacent to an activating group) is 1. The number of halogens is 2. The number of carbonyl (C=O) groups is 1. The number of phenols is 1. The molecule has 100 valence electrons. The SMILES string of the molecule is CN(C)C(=O)/C(C#N)=C(\O)c1cc(Cl)c(O)c(Cl)c1. The van der Waals surface area contributed by atoms with Gasteiger partial charge in [0.05, 0.1) is 10.0 Å². The fraction of sp³-hybridized carbons (Fsp3) is 0.167. The van der Waals surface area contributed by atoms with Crippen LogP contribution in [-0.4, -0.2) is 35.1 Å². The molecule has 0 aliphatic carbocycles. The summed E-state index contributed by atoms with van der Waals surface area (Å²) in [5.41, 5.74) is -0.373. The van der Waals surface area contributed by atoms with Crippen molar-refractivity contribution in [3.05, 3.63) is 33.3 Å². The summed E-state index contributed by atoms with van der Waals surface area (Å²) in [4.78, 5) is 12.8. The van der Waals surface area contributed by atoms with Crippen molar-refractivity contribution in [2.75, 3.05) is 14.1 Å². The number of hydrogen-bond acceptors (Lipinski definition) is 4. The van der Waals surface area contributed by atoms with E-state index in [1.165, 1.54) is 26.2 Å². The molecule has 0 saturated heterocycles. The van der Waals surface area contributed by atoms with Crippen LogP contribution >= 0.6 is 23.2 Å². The minimum atomic E-state index is -0.652. The second-order valence-corrected chi connectivity index (χ2v) is 4.64. The Morgan fingerprint density at radius 1 is 1.32 bits per heavy atom. The Kier molecular flexibility index (Phi) is 4.65. The molecular formula is C12H10Cl2N2O3. The zero-order valence-electron chi connectivity index (χ0n) is 10.1. The Morgan fingerprint density at radius 2 is 1.79 bits per heavy atom. The third-order valence-corrected chi connectivity index (χ3v) is 2.84. The average molecular weight is 301 g/mol.